The van der Waals surface area contributed by atoms with Gasteiger partial charge in [-0.1, -0.05) is 32.4 Å². The van der Waals surface area contributed by atoms with E-state index in [1.165, 1.54) is 0 Å². The zero-order chi connectivity index (χ0) is 11.1. The molecular formula is C12H22O2. The molecule has 2 nitrogen and oxygen atoms in total. The Hall–Kier alpha value is -0.790. The predicted molar refractivity (Wildman–Crippen MR) is 59.0 cm³/mol. The Morgan fingerprint density at radius 3 is 2.36 bits per heavy atom. The molecule has 0 aliphatic heterocycles. The molecule has 0 N–H and O–H groups in total. The first-order valence-corrected chi connectivity index (χ1v) is 5.36. The summed E-state index contributed by atoms with van der Waals surface area (Å²) >= 11 is 0. The SMILES string of the molecule is C=C(C)[C@H](CCC)[C@@H](C)C(=O)OCC. The summed E-state index contributed by atoms with van der Waals surface area (Å²) in [6, 6.07) is 0. The maximum Gasteiger partial charge on any atom is 0.309 e. The van der Waals surface area contributed by atoms with Crippen LogP contribution in [0.2, 0.25) is 0 Å². The Balaban J connectivity index is 4.34. The maximum absolute atomic E-state index is 11.5. The molecule has 0 radical (unpaired) electrons. The zero-order valence-electron chi connectivity index (χ0n) is 9.80. The molecule has 0 spiro atoms. The Bertz CT molecular complexity index is 196. The molecule has 0 unspecified atom stereocenters. The number of rotatable bonds is 6. The molecule has 0 aromatic carbocycles. The number of ether oxygens (including phenoxy) is 1. The third-order valence-electron chi connectivity index (χ3n) is 2.49. The third-order valence-corrected chi connectivity index (χ3v) is 2.49. The minimum absolute atomic E-state index is 0.0626. The summed E-state index contributed by atoms with van der Waals surface area (Å²) in [6.07, 6.45) is 2.08. The smallest absolute Gasteiger partial charge is 0.309 e. The van der Waals surface area contributed by atoms with Gasteiger partial charge in [0.2, 0.25) is 0 Å². The number of hydrogen-bond acceptors (Lipinski definition) is 2. The summed E-state index contributed by atoms with van der Waals surface area (Å²) in [4.78, 5) is 11.5. The van der Waals surface area contributed by atoms with Crippen LogP contribution >= 0.6 is 0 Å². The van der Waals surface area contributed by atoms with Crippen molar-refractivity contribution in [2.75, 3.05) is 6.61 Å². The lowest BCUT2D eigenvalue weighted by molar-refractivity contribution is -0.148. The van der Waals surface area contributed by atoms with Crippen molar-refractivity contribution in [2.24, 2.45) is 11.8 Å². The summed E-state index contributed by atoms with van der Waals surface area (Å²) in [5.74, 6) is 0.0976. The highest BCUT2D eigenvalue weighted by atomic mass is 16.5. The lowest BCUT2D eigenvalue weighted by atomic mass is 9.85. The molecule has 0 aromatic heterocycles. The highest BCUT2D eigenvalue weighted by molar-refractivity contribution is 5.72. The minimum Gasteiger partial charge on any atom is -0.466 e. The van der Waals surface area contributed by atoms with Gasteiger partial charge in [-0.3, -0.25) is 4.79 Å². The first kappa shape index (κ1) is 13.2. The first-order valence-electron chi connectivity index (χ1n) is 5.36. The van der Waals surface area contributed by atoms with Crippen molar-refractivity contribution in [3.63, 3.8) is 0 Å². The van der Waals surface area contributed by atoms with Crippen LogP contribution in [0.25, 0.3) is 0 Å². The van der Waals surface area contributed by atoms with E-state index in [1.54, 1.807) is 0 Å². The van der Waals surface area contributed by atoms with E-state index in [2.05, 4.69) is 13.5 Å². The highest BCUT2D eigenvalue weighted by Crippen LogP contribution is 2.25. The third kappa shape index (κ3) is 3.95. The molecule has 0 saturated carbocycles. The lowest BCUT2D eigenvalue weighted by Crippen LogP contribution is -2.23. The van der Waals surface area contributed by atoms with Gasteiger partial charge in [-0.05, 0) is 26.2 Å². The second-order valence-corrected chi connectivity index (χ2v) is 3.78. The van der Waals surface area contributed by atoms with Gasteiger partial charge in [0.1, 0.15) is 0 Å². The molecule has 0 heterocycles. The van der Waals surface area contributed by atoms with Crippen LogP contribution < -0.4 is 0 Å². The van der Waals surface area contributed by atoms with Crippen LogP contribution in [0.4, 0.5) is 0 Å². The zero-order valence-corrected chi connectivity index (χ0v) is 9.80. The fourth-order valence-electron chi connectivity index (χ4n) is 1.67. The number of carbonyl (C=O) groups is 1. The van der Waals surface area contributed by atoms with Crippen molar-refractivity contribution in [3.05, 3.63) is 12.2 Å². The van der Waals surface area contributed by atoms with Crippen LogP contribution in [-0.4, -0.2) is 12.6 Å². The van der Waals surface area contributed by atoms with Crippen LogP contribution in [0, 0.1) is 11.8 Å². The van der Waals surface area contributed by atoms with Gasteiger partial charge in [0.15, 0.2) is 0 Å². The average molecular weight is 198 g/mol. The Labute approximate surface area is 87.3 Å². The van der Waals surface area contributed by atoms with Crippen LogP contribution in [-0.2, 0) is 9.53 Å². The van der Waals surface area contributed by atoms with Gasteiger partial charge in [-0.25, -0.2) is 0 Å². The molecule has 0 fully saturated rings. The van der Waals surface area contributed by atoms with E-state index in [0.717, 1.165) is 18.4 Å². The van der Waals surface area contributed by atoms with Crippen molar-refractivity contribution in [3.8, 4) is 0 Å². The van der Waals surface area contributed by atoms with E-state index < -0.39 is 0 Å². The lowest BCUT2D eigenvalue weighted by Gasteiger charge is -2.22. The average Bonchev–Trinajstić information content (AvgIpc) is 2.13. The second-order valence-electron chi connectivity index (χ2n) is 3.78. The van der Waals surface area contributed by atoms with Crippen LogP contribution in [0.5, 0.6) is 0 Å². The van der Waals surface area contributed by atoms with Crippen LogP contribution in [0.15, 0.2) is 12.2 Å². The molecule has 0 rings (SSSR count). The number of carbonyl (C=O) groups excluding carboxylic acids is 1. The molecule has 0 aliphatic carbocycles. The summed E-state index contributed by atoms with van der Waals surface area (Å²) in [6.45, 7) is 12.2. The van der Waals surface area contributed by atoms with Crippen molar-refractivity contribution in [1.82, 2.24) is 0 Å². The number of hydrogen-bond donors (Lipinski definition) is 0. The fraction of sp³-hybridized carbons (Fsp3) is 0.750. The van der Waals surface area contributed by atoms with Crippen LogP contribution in [0.1, 0.15) is 40.5 Å². The van der Waals surface area contributed by atoms with Gasteiger partial charge in [0.05, 0.1) is 12.5 Å². The molecule has 14 heavy (non-hydrogen) atoms. The largest absolute Gasteiger partial charge is 0.466 e. The first-order chi connectivity index (χ1) is 6.54. The van der Waals surface area contributed by atoms with Gasteiger partial charge in [-0.2, -0.15) is 0 Å². The van der Waals surface area contributed by atoms with Gasteiger partial charge in [-0.15, -0.1) is 0 Å². The summed E-state index contributed by atoms with van der Waals surface area (Å²) < 4.78 is 5.00. The topological polar surface area (TPSA) is 26.3 Å². The van der Waals surface area contributed by atoms with Gasteiger partial charge in [0.25, 0.3) is 0 Å². The standard InChI is InChI=1S/C12H22O2/c1-6-8-11(9(3)4)10(5)12(13)14-7-2/h10-11H,3,6-8H2,1-2,4-5H3/t10-,11+/m1/s1. The summed E-state index contributed by atoms with van der Waals surface area (Å²) in [7, 11) is 0. The highest BCUT2D eigenvalue weighted by Gasteiger charge is 2.24. The number of esters is 1. The minimum atomic E-state index is -0.103. The summed E-state index contributed by atoms with van der Waals surface area (Å²) in [5, 5.41) is 0. The molecule has 0 aliphatic rings. The normalized spacial score (nSPS) is 14.6. The van der Waals surface area contributed by atoms with Crippen molar-refractivity contribution in [2.45, 2.75) is 40.5 Å². The van der Waals surface area contributed by atoms with Gasteiger partial charge < -0.3 is 4.74 Å². The van der Waals surface area contributed by atoms with E-state index in [-0.39, 0.29) is 17.8 Å². The van der Waals surface area contributed by atoms with E-state index in [1.807, 2.05) is 20.8 Å². The predicted octanol–water partition coefficient (Wildman–Crippen LogP) is 3.18. The molecule has 0 bridgehead atoms. The van der Waals surface area contributed by atoms with Crippen molar-refractivity contribution < 1.29 is 9.53 Å². The molecule has 0 aromatic rings. The van der Waals surface area contributed by atoms with E-state index in [9.17, 15) is 4.79 Å². The van der Waals surface area contributed by atoms with Gasteiger partial charge >= 0.3 is 5.97 Å². The fourth-order valence-corrected chi connectivity index (χ4v) is 1.67. The van der Waals surface area contributed by atoms with E-state index in [4.69, 9.17) is 4.74 Å². The monoisotopic (exact) mass is 198 g/mol. The number of allylic oxidation sites excluding steroid dienone is 1. The maximum atomic E-state index is 11.5. The Morgan fingerprint density at radius 2 is 2.00 bits per heavy atom. The van der Waals surface area contributed by atoms with Gasteiger partial charge in [0, 0.05) is 0 Å². The molecule has 2 heteroatoms. The molecular weight excluding hydrogens is 176 g/mol. The van der Waals surface area contributed by atoms with Crippen LogP contribution in [0.3, 0.4) is 0 Å². The molecule has 0 saturated heterocycles. The second kappa shape index (κ2) is 6.63. The quantitative estimate of drug-likeness (QED) is 0.484. The van der Waals surface area contributed by atoms with E-state index >= 15 is 0 Å². The van der Waals surface area contributed by atoms with Crippen molar-refractivity contribution in [1.29, 1.82) is 0 Å². The Kier molecular flexibility index (Phi) is 6.26. The van der Waals surface area contributed by atoms with E-state index in [0.29, 0.717) is 6.61 Å². The van der Waals surface area contributed by atoms with Crippen molar-refractivity contribution >= 4 is 5.97 Å². The molecule has 2 atom stereocenters. The Morgan fingerprint density at radius 1 is 1.43 bits per heavy atom. The molecule has 0 amide bonds. The molecule has 82 valence electrons. The summed E-state index contributed by atoms with van der Waals surface area (Å²) in [5.41, 5.74) is 1.08.